The highest BCUT2D eigenvalue weighted by atomic mass is 15.0. The van der Waals surface area contributed by atoms with Crippen LogP contribution in [0.15, 0.2) is 109 Å². The summed E-state index contributed by atoms with van der Waals surface area (Å²) < 4.78 is 5.34. The van der Waals surface area contributed by atoms with E-state index in [0.29, 0.717) is 0 Å². The van der Waals surface area contributed by atoms with Crippen molar-refractivity contribution >= 4 is 50.5 Å². The molecule has 0 spiro atoms. The molecule has 2 nitrogen and oxygen atoms in total. The molecular weight excluding hydrogens is 567 g/mol. The van der Waals surface area contributed by atoms with Crippen LogP contribution in [0.2, 0.25) is 0 Å². The topological polar surface area (TPSA) is 9.86 Å². The van der Waals surface area contributed by atoms with E-state index in [0.717, 1.165) is 0 Å². The molecule has 0 saturated heterocycles. The highest BCUT2D eigenvalue weighted by Gasteiger charge is 2.47. The van der Waals surface area contributed by atoms with E-state index in [1.54, 1.807) is 0 Å². The van der Waals surface area contributed by atoms with Crippen molar-refractivity contribution in [2.45, 2.75) is 40.0 Å². The van der Waals surface area contributed by atoms with E-state index >= 15 is 0 Å². The summed E-state index contributed by atoms with van der Waals surface area (Å²) in [6.07, 6.45) is 0. The number of hydrogen-bond acceptors (Lipinski definition) is 0. The van der Waals surface area contributed by atoms with E-state index in [1.807, 2.05) is 0 Å². The molecule has 3 aliphatic rings. The third-order valence-electron chi connectivity index (χ3n) is 11.7. The maximum Gasteiger partial charge on any atom is 0.333 e. The number of hydrogen-bond donors (Lipinski definition) is 0. The lowest BCUT2D eigenvalue weighted by Crippen LogP contribution is -2.55. The number of fused-ring (bicyclic) bond motifs is 12. The average Bonchev–Trinajstić information content (AvgIpc) is 3.67. The van der Waals surface area contributed by atoms with Gasteiger partial charge in [0.05, 0.1) is 11.0 Å². The van der Waals surface area contributed by atoms with Crippen molar-refractivity contribution in [3.8, 4) is 39.2 Å². The molecule has 0 unspecified atom stereocenters. The predicted molar refractivity (Wildman–Crippen MR) is 199 cm³/mol. The first-order valence-corrected chi connectivity index (χ1v) is 16.9. The second kappa shape index (κ2) is 8.35. The van der Waals surface area contributed by atoms with E-state index < -0.39 is 0 Å². The summed E-state index contributed by atoms with van der Waals surface area (Å²) >= 11 is 0. The van der Waals surface area contributed by atoms with Gasteiger partial charge in [-0.1, -0.05) is 110 Å². The molecule has 0 saturated carbocycles. The van der Waals surface area contributed by atoms with Gasteiger partial charge in [0.2, 0.25) is 0 Å². The van der Waals surface area contributed by atoms with Crippen LogP contribution in [0.3, 0.4) is 0 Å². The molecule has 0 N–H and O–H groups in total. The Morgan fingerprint density at radius 1 is 0.617 bits per heavy atom. The Balaban J connectivity index is 1.38. The van der Waals surface area contributed by atoms with Crippen molar-refractivity contribution in [3.05, 3.63) is 137 Å². The second-order valence-electron chi connectivity index (χ2n) is 14.7. The van der Waals surface area contributed by atoms with Gasteiger partial charge >= 0.3 is 6.85 Å². The molecule has 0 amide bonds. The molecule has 4 heterocycles. The molecule has 0 radical (unpaired) electrons. The summed E-state index contributed by atoms with van der Waals surface area (Å²) in [5.74, 6) is 0. The number of para-hydroxylation sites is 3. The highest BCUT2D eigenvalue weighted by molar-refractivity contribution is 6.89. The average molecular weight is 601 g/mol. The van der Waals surface area contributed by atoms with Crippen molar-refractivity contribution < 1.29 is 0 Å². The van der Waals surface area contributed by atoms with Crippen LogP contribution in [0.1, 0.15) is 41.7 Å². The van der Waals surface area contributed by atoms with Crippen LogP contribution < -0.4 is 10.9 Å². The van der Waals surface area contributed by atoms with Crippen LogP contribution in [0.25, 0.3) is 71.9 Å². The Morgan fingerprint density at radius 3 is 2.17 bits per heavy atom. The summed E-state index contributed by atoms with van der Waals surface area (Å²) in [5.41, 5.74) is 23.0. The molecule has 6 aromatic carbocycles. The fraction of sp³-hybridized carbons (Fsp3) is 0.136. The quantitative estimate of drug-likeness (QED) is 0.166. The first-order chi connectivity index (χ1) is 22.8. The van der Waals surface area contributed by atoms with Gasteiger partial charge in [0.1, 0.15) is 0 Å². The van der Waals surface area contributed by atoms with Gasteiger partial charge in [-0.3, -0.25) is 0 Å². The van der Waals surface area contributed by atoms with Crippen LogP contribution in [-0.2, 0) is 5.41 Å². The van der Waals surface area contributed by atoms with Crippen LogP contribution in [0.4, 0.5) is 0 Å². The lowest BCUT2D eigenvalue weighted by molar-refractivity contribution is 0.666. The molecule has 0 fully saturated rings. The lowest BCUT2D eigenvalue weighted by Gasteiger charge is -2.35. The lowest BCUT2D eigenvalue weighted by atomic mass is 9.45. The first kappa shape index (κ1) is 25.9. The Morgan fingerprint density at radius 2 is 1.32 bits per heavy atom. The minimum atomic E-state index is -0.0930. The largest absolute Gasteiger partial charge is 0.375 e. The van der Waals surface area contributed by atoms with Gasteiger partial charge in [-0.2, -0.15) is 0 Å². The number of aryl methyl sites for hydroxylation is 3. The third-order valence-corrected chi connectivity index (χ3v) is 11.7. The fourth-order valence-corrected chi connectivity index (χ4v) is 10.2. The van der Waals surface area contributed by atoms with Gasteiger partial charge in [0, 0.05) is 49.6 Å². The van der Waals surface area contributed by atoms with Gasteiger partial charge in [0.25, 0.3) is 0 Å². The zero-order chi connectivity index (χ0) is 31.5. The standard InChI is InChI=1S/C44H33BN2/c1-24-20-25(2)38(26(3)21-24)27-22-33-30-14-10-16-32-39-43(31-13-6-8-17-34(31)44(39,4)5)47(41(30)32)45-35-18-11-15-29-28-12-7-9-19-36(28)46(42(29)35)37(23-27)40(33)45/h6-23H,1-5H3. The fourth-order valence-electron chi connectivity index (χ4n) is 10.2. The van der Waals surface area contributed by atoms with E-state index in [9.17, 15) is 0 Å². The normalized spacial score (nSPS) is 14.6. The molecular formula is C44H33BN2. The van der Waals surface area contributed by atoms with E-state index in [-0.39, 0.29) is 12.3 Å². The van der Waals surface area contributed by atoms with Gasteiger partial charge in [-0.15, -0.1) is 0 Å². The van der Waals surface area contributed by atoms with Gasteiger partial charge in [0.15, 0.2) is 0 Å². The molecule has 3 heteroatoms. The van der Waals surface area contributed by atoms with E-state index in [4.69, 9.17) is 0 Å². The number of nitrogens with zero attached hydrogens (tertiary/aromatic N) is 2. The van der Waals surface area contributed by atoms with Crippen molar-refractivity contribution in [1.29, 1.82) is 0 Å². The van der Waals surface area contributed by atoms with Crippen molar-refractivity contribution in [3.63, 3.8) is 0 Å². The van der Waals surface area contributed by atoms with E-state index in [1.165, 1.54) is 111 Å². The second-order valence-corrected chi connectivity index (χ2v) is 14.7. The Kier molecular flexibility index (Phi) is 4.60. The molecule has 222 valence electrons. The number of benzene rings is 6. The Bertz CT molecular complexity index is 2730. The SMILES string of the molecule is Cc1cc(C)c(-c2cc3c4c(c2)-n2c5ccccc5c5cccc(c52)B4n2c4c(c5cccc-3c52)C(C)(C)c2ccccc2-4)c(C)c1. The zero-order valence-electron chi connectivity index (χ0n) is 27.4. The summed E-state index contributed by atoms with van der Waals surface area (Å²) in [6, 6.07) is 41.9. The smallest absolute Gasteiger partial charge is 0.333 e. The molecule has 11 rings (SSSR count). The Hall–Kier alpha value is -5.28. The van der Waals surface area contributed by atoms with E-state index in [2.05, 4.69) is 153 Å². The summed E-state index contributed by atoms with van der Waals surface area (Å²) in [5, 5.41) is 4.03. The van der Waals surface area contributed by atoms with Crippen LogP contribution in [0, 0.1) is 20.8 Å². The first-order valence-electron chi connectivity index (χ1n) is 16.9. The molecule has 0 bridgehead atoms. The maximum atomic E-state index is 2.75. The van der Waals surface area contributed by atoms with Crippen molar-refractivity contribution in [2.75, 3.05) is 0 Å². The maximum absolute atomic E-state index is 2.75. The number of aromatic nitrogens is 2. The van der Waals surface area contributed by atoms with Crippen LogP contribution >= 0.6 is 0 Å². The molecule has 47 heavy (non-hydrogen) atoms. The monoisotopic (exact) mass is 600 g/mol. The minimum absolute atomic E-state index is 0.0675. The molecule has 2 aromatic heterocycles. The molecule has 0 atom stereocenters. The highest BCUT2D eigenvalue weighted by Crippen LogP contribution is 2.55. The predicted octanol–water partition coefficient (Wildman–Crippen LogP) is 9.58. The Labute approximate surface area is 275 Å². The third kappa shape index (κ3) is 2.92. The van der Waals surface area contributed by atoms with Gasteiger partial charge in [-0.05, 0) is 88.8 Å². The van der Waals surface area contributed by atoms with Crippen LogP contribution in [0.5, 0.6) is 0 Å². The zero-order valence-corrected chi connectivity index (χ0v) is 27.4. The number of rotatable bonds is 1. The summed E-state index contributed by atoms with van der Waals surface area (Å²) in [7, 11) is 0. The summed E-state index contributed by atoms with van der Waals surface area (Å²) in [6.45, 7) is 11.7. The molecule has 2 aliphatic heterocycles. The van der Waals surface area contributed by atoms with Gasteiger partial charge < -0.3 is 9.05 Å². The van der Waals surface area contributed by atoms with Crippen molar-refractivity contribution in [2.24, 2.45) is 0 Å². The van der Waals surface area contributed by atoms with Crippen LogP contribution in [-0.4, -0.2) is 15.9 Å². The molecule has 1 aliphatic carbocycles. The summed E-state index contributed by atoms with van der Waals surface area (Å²) in [4.78, 5) is 0. The van der Waals surface area contributed by atoms with Crippen molar-refractivity contribution in [1.82, 2.24) is 9.05 Å². The molecule has 8 aromatic rings. The minimum Gasteiger partial charge on any atom is -0.375 e. The van der Waals surface area contributed by atoms with Gasteiger partial charge in [-0.25, -0.2) is 0 Å².